The highest BCUT2D eigenvalue weighted by molar-refractivity contribution is 6.30. The van der Waals surface area contributed by atoms with Gasteiger partial charge in [0.1, 0.15) is 5.75 Å². The number of hydrogen-bond acceptors (Lipinski definition) is 8. The Kier molecular flexibility index (Phi) is 5.80. The molecule has 0 radical (unpaired) electrons. The monoisotopic (exact) mass is 529 g/mol. The summed E-state index contributed by atoms with van der Waals surface area (Å²) in [4.78, 5) is 47.2. The quantitative estimate of drug-likeness (QED) is 0.360. The largest absolute Gasteiger partial charge is 0.439 e. The fourth-order valence-electron chi connectivity index (χ4n) is 4.72. The van der Waals surface area contributed by atoms with E-state index >= 15 is 0 Å². The van der Waals surface area contributed by atoms with Crippen molar-refractivity contribution in [1.82, 2.24) is 20.6 Å². The van der Waals surface area contributed by atoms with Crippen molar-refractivity contribution in [2.75, 3.05) is 11.4 Å². The lowest BCUT2D eigenvalue weighted by Gasteiger charge is -2.38. The maximum absolute atomic E-state index is 12.7. The number of carbonyl (C=O) groups excluding carboxylic acids is 3. The van der Waals surface area contributed by atoms with Crippen LogP contribution < -0.4 is 20.3 Å². The summed E-state index contributed by atoms with van der Waals surface area (Å²) in [5.41, 5.74) is 0.759. The Morgan fingerprint density at radius 2 is 1.58 bits per heavy atom. The number of imide groups is 2. The minimum absolute atomic E-state index is 0.300. The highest BCUT2D eigenvalue weighted by Gasteiger charge is 2.57. The molecule has 2 aliphatic rings. The van der Waals surface area contributed by atoms with Crippen LogP contribution in [-0.4, -0.2) is 39.9 Å². The van der Waals surface area contributed by atoms with E-state index in [-0.39, 0.29) is 0 Å². The second kappa shape index (κ2) is 9.31. The predicted molar refractivity (Wildman–Crippen MR) is 138 cm³/mol. The summed E-state index contributed by atoms with van der Waals surface area (Å²) in [6.45, 7) is 0.471. The van der Waals surface area contributed by atoms with E-state index in [9.17, 15) is 14.4 Å². The third-order valence-corrected chi connectivity index (χ3v) is 6.83. The van der Waals surface area contributed by atoms with E-state index in [0.717, 1.165) is 11.1 Å². The van der Waals surface area contributed by atoms with Crippen molar-refractivity contribution in [2.45, 2.75) is 18.4 Å². The van der Waals surface area contributed by atoms with Gasteiger partial charge in [-0.25, -0.2) is 14.8 Å². The van der Waals surface area contributed by atoms with Gasteiger partial charge in [-0.2, -0.15) is 0 Å². The lowest BCUT2D eigenvalue weighted by molar-refractivity contribution is -0.137. The lowest BCUT2D eigenvalue weighted by Crippen LogP contribution is -2.71. The molecule has 2 N–H and O–H groups in total. The first-order valence-corrected chi connectivity index (χ1v) is 12.2. The number of oxazole rings is 1. The molecule has 4 heterocycles. The first kappa shape index (κ1) is 23.7. The molecule has 11 heteroatoms. The zero-order valence-corrected chi connectivity index (χ0v) is 20.6. The van der Waals surface area contributed by atoms with Crippen LogP contribution in [0.15, 0.2) is 77.5 Å². The summed E-state index contributed by atoms with van der Waals surface area (Å²) < 4.78 is 11.8. The van der Waals surface area contributed by atoms with Gasteiger partial charge < -0.3 is 14.1 Å². The van der Waals surface area contributed by atoms with Gasteiger partial charge in [0.2, 0.25) is 11.8 Å². The number of carbonyl (C=O) groups is 3. The van der Waals surface area contributed by atoms with Gasteiger partial charge in [0, 0.05) is 28.8 Å². The number of anilines is 1. The second-order valence-electron chi connectivity index (χ2n) is 8.87. The number of urea groups is 1. The van der Waals surface area contributed by atoms with Crippen LogP contribution in [-0.2, 0) is 9.59 Å². The molecule has 38 heavy (non-hydrogen) atoms. The van der Waals surface area contributed by atoms with Crippen molar-refractivity contribution < 1.29 is 23.5 Å². The number of hydrogen-bond donors (Lipinski definition) is 2. The molecular weight excluding hydrogens is 510 g/mol. The molecule has 0 saturated carbocycles. The standard InChI is InChI=1S/C27H20ClN5O5/c28-18-6-2-16(3-7-18)21-15-30-23(38-21)17-4-9-20(10-5-17)37-22-11-8-19(14-29-22)33-13-1-12-27(33)24(34)31-26(36)32-25(27)35/h2-11,14-15H,1,12-13H2,(H2,31,32,34,35,36). The molecule has 190 valence electrons. The molecule has 0 aliphatic carbocycles. The molecule has 2 aromatic heterocycles. The van der Waals surface area contributed by atoms with Gasteiger partial charge in [-0.1, -0.05) is 11.6 Å². The number of rotatable bonds is 5. The number of benzene rings is 2. The van der Waals surface area contributed by atoms with Crippen LogP contribution in [0, 0.1) is 0 Å². The minimum Gasteiger partial charge on any atom is -0.439 e. The fraction of sp³-hybridized carbons (Fsp3) is 0.148. The lowest BCUT2D eigenvalue weighted by atomic mass is 9.92. The molecule has 4 aromatic rings. The van der Waals surface area contributed by atoms with Crippen LogP contribution in [0.1, 0.15) is 12.8 Å². The van der Waals surface area contributed by atoms with Crippen LogP contribution in [0.2, 0.25) is 5.02 Å². The van der Waals surface area contributed by atoms with E-state index in [1.807, 2.05) is 24.3 Å². The molecule has 2 saturated heterocycles. The number of barbiturate groups is 1. The Morgan fingerprint density at radius 3 is 2.26 bits per heavy atom. The zero-order chi connectivity index (χ0) is 26.3. The molecule has 4 amide bonds. The molecular formula is C27H20ClN5O5. The average Bonchev–Trinajstić information content (AvgIpc) is 3.58. The molecule has 10 nitrogen and oxygen atoms in total. The van der Waals surface area contributed by atoms with Crippen molar-refractivity contribution in [1.29, 1.82) is 0 Å². The molecule has 0 unspecified atom stereocenters. The van der Waals surface area contributed by atoms with Gasteiger partial charge in [0.05, 0.1) is 18.1 Å². The Bertz CT molecular complexity index is 1510. The molecule has 2 fully saturated rings. The van der Waals surface area contributed by atoms with Crippen molar-refractivity contribution in [3.63, 3.8) is 0 Å². The van der Waals surface area contributed by atoms with Gasteiger partial charge in [0.25, 0.3) is 11.8 Å². The summed E-state index contributed by atoms with van der Waals surface area (Å²) >= 11 is 5.95. The second-order valence-corrected chi connectivity index (χ2v) is 9.31. The van der Waals surface area contributed by atoms with Crippen LogP contribution in [0.3, 0.4) is 0 Å². The third kappa shape index (κ3) is 4.14. The Balaban J connectivity index is 1.15. The third-order valence-electron chi connectivity index (χ3n) is 6.58. The highest BCUT2D eigenvalue weighted by atomic mass is 35.5. The number of nitrogens with zero attached hydrogens (tertiary/aromatic N) is 3. The number of aromatic nitrogens is 2. The molecule has 0 atom stereocenters. The average molecular weight is 530 g/mol. The number of ether oxygens (including phenoxy) is 1. The summed E-state index contributed by atoms with van der Waals surface area (Å²) in [6.07, 6.45) is 4.12. The molecule has 2 aliphatic heterocycles. The van der Waals surface area contributed by atoms with Gasteiger partial charge in [-0.15, -0.1) is 0 Å². The van der Waals surface area contributed by atoms with E-state index in [2.05, 4.69) is 20.6 Å². The van der Waals surface area contributed by atoms with E-state index in [1.54, 1.807) is 53.7 Å². The minimum atomic E-state index is -1.47. The van der Waals surface area contributed by atoms with Crippen LogP contribution >= 0.6 is 11.6 Å². The van der Waals surface area contributed by atoms with E-state index < -0.39 is 23.4 Å². The number of nitrogens with one attached hydrogen (secondary N) is 2. The summed E-state index contributed by atoms with van der Waals surface area (Å²) in [7, 11) is 0. The van der Waals surface area contributed by atoms with Crippen LogP contribution in [0.5, 0.6) is 11.6 Å². The van der Waals surface area contributed by atoms with E-state index in [1.165, 1.54) is 0 Å². The molecule has 6 rings (SSSR count). The zero-order valence-electron chi connectivity index (χ0n) is 19.8. The van der Waals surface area contributed by atoms with Crippen molar-refractivity contribution >= 4 is 35.1 Å². The topological polar surface area (TPSA) is 127 Å². The Morgan fingerprint density at radius 1 is 0.868 bits per heavy atom. The summed E-state index contributed by atoms with van der Waals surface area (Å²) in [5.74, 6) is 0.743. The normalized spacial score (nSPS) is 16.4. The molecule has 0 bridgehead atoms. The smallest absolute Gasteiger partial charge is 0.328 e. The van der Waals surface area contributed by atoms with Crippen molar-refractivity contribution in [3.05, 3.63) is 78.1 Å². The Labute approximate surface area is 221 Å². The maximum atomic E-state index is 12.7. The van der Waals surface area contributed by atoms with Gasteiger partial charge in [0.15, 0.2) is 11.3 Å². The molecule has 2 aromatic carbocycles. The van der Waals surface area contributed by atoms with Gasteiger partial charge in [-0.05, 0) is 67.4 Å². The predicted octanol–water partition coefficient (Wildman–Crippen LogP) is 4.55. The van der Waals surface area contributed by atoms with E-state index in [4.69, 9.17) is 20.8 Å². The molecule has 1 spiro atoms. The van der Waals surface area contributed by atoms with Crippen LogP contribution in [0.25, 0.3) is 22.8 Å². The van der Waals surface area contributed by atoms with Crippen molar-refractivity contribution in [2.24, 2.45) is 0 Å². The highest BCUT2D eigenvalue weighted by Crippen LogP contribution is 2.36. The summed E-state index contributed by atoms with van der Waals surface area (Å²) in [6, 6.07) is 17.1. The Hall–Kier alpha value is -4.70. The van der Waals surface area contributed by atoms with Crippen LogP contribution in [0.4, 0.5) is 10.5 Å². The first-order valence-electron chi connectivity index (χ1n) is 11.8. The first-order chi connectivity index (χ1) is 18.4. The fourth-order valence-corrected chi connectivity index (χ4v) is 4.85. The SMILES string of the molecule is O=C1NC(=O)C2(CCCN2c2ccc(Oc3ccc(-c4ncc(-c5ccc(Cl)cc5)o4)cc3)nc2)C(=O)N1. The van der Waals surface area contributed by atoms with Gasteiger partial charge >= 0.3 is 6.03 Å². The number of amides is 4. The summed E-state index contributed by atoms with van der Waals surface area (Å²) in [5, 5.41) is 5.05. The van der Waals surface area contributed by atoms with E-state index in [0.29, 0.717) is 53.4 Å². The number of halogens is 1. The van der Waals surface area contributed by atoms with Gasteiger partial charge in [-0.3, -0.25) is 20.2 Å². The number of pyridine rings is 1. The maximum Gasteiger partial charge on any atom is 0.328 e. The van der Waals surface area contributed by atoms with Crippen molar-refractivity contribution in [3.8, 4) is 34.4 Å².